The highest BCUT2D eigenvalue weighted by Crippen LogP contribution is 2.16. The fourth-order valence-corrected chi connectivity index (χ4v) is 0.937. The van der Waals surface area contributed by atoms with Crippen LogP contribution < -0.4 is 5.32 Å². The van der Waals surface area contributed by atoms with Crippen molar-refractivity contribution in [2.24, 2.45) is 5.92 Å². The van der Waals surface area contributed by atoms with Gasteiger partial charge in [0.15, 0.2) is 0 Å². The molecule has 0 aromatic heterocycles. The molecule has 2 heteroatoms. The summed E-state index contributed by atoms with van der Waals surface area (Å²) < 4.78 is 11.8. The van der Waals surface area contributed by atoms with Gasteiger partial charge in [-0.25, -0.2) is 0 Å². The predicted octanol–water partition coefficient (Wildman–Crippen LogP) is 2.54. The normalized spacial score (nSPS) is 16.1. The number of hydrogen-bond donors (Lipinski definition) is 1. The Balaban J connectivity index is 3.88. The Bertz CT molecular complexity index is 134. The summed E-state index contributed by atoms with van der Waals surface area (Å²) in [6.45, 7) is 10.6. The van der Waals surface area contributed by atoms with E-state index in [0.29, 0.717) is 12.3 Å². The average molecular weight is 173 g/mol. The van der Waals surface area contributed by atoms with Gasteiger partial charge in [0.05, 0.1) is 6.67 Å². The molecule has 72 valence electrons. The lowest BCUT2D eigenvalue weighted by Crippen LogP contribution is -2.45. The standard InChI is InChI=1S/C10H20FN/c1-5-10(4,9(2)3)12-8-6-7-11/h5,9,12H,1,6-8H2,2-4H3/t10-/m0/s1. The molecule has 1 atom stereocenters. The Labute approximate surface area is 75.0 Å². The third-order valence-corrected chi connectivity index (χ3v) is 2.44. The van der Waals surface area contributed by atoms with Crippen LogP contribution in [0.2, 0.25) is 0 Å². The smallest absolute Gasteiger partial charge is 0.0906 e. The minimum absolute atomic E-state index is 0.0603. The van der Waals surface area contributed by atoms with Gasteiger partial charge >= 0.3 is 0 Å². The molecule has 1 nitrogen and oxygen atoms in total. The lowest BCUT2D eigenvalue weighted by molar-refractivity contribution is 0.319. The molecule has 0 unspecified atom stereocenters. The summed E-state index contributed by atoms with van der Waals surface area (Å²) in [5.41, 5.74) is -0.0603. The van der Waals surface area contributed by atoms with Gasteiger partial charge in [-0.05, 0) is 25.8 Å². The van der Waals surface area contributed by atoms with Crippen molar-refractivity contribution >= 4 is 0 Å². The maximum Gasteiger partial charge on any atom is 0.0906 e. The van der Waals surface area contributed by atoms with Crippen LogP contribution in [-0.4, -0.2) is 18.8 Å². The zero-order valence-electron chi connectivity index (χ0n) is 8.36. The number of alkyl halides is 1. The maximum absolute atomic E-state index is 11.8. The molecule has 0 fully saturated rings. The highest BCUT2D eigenvalue weighted by Gasteiger charge is 2.22. The first-order chi connectivity index (χ1) is 5.56. The highest BCUT2D eigenvalue weighted by atomic mass is 19.1. The Hall–Kier alpha value is -0.370. The monoisotopic (exact) mass is 173 g/mol. The van der Waals surface area contributed by atoms with E-state index in [-0.39, 0.29) is 12.2 Å². The van der Waals surface area contributed by atoms with E-state index in [9.17, 15) is 4.39 Å². The molecule has 0 bridgehead atoms. The van der Waals surface area contributed by atoms with Gasteiger partial charge in [0.2, 0.25) is 0 Å². The second-order valence-corrected chi connectivity index (χ2v) is 3.61. The van der Waals surface area contributed by atoms with E-state index in [0.717, 1.165) is 6.54 Å². The topological polar surface area (TPSA) is 12.0 Å². The van der Waals surface area contributed by atoms with Gasteiger partial charge in [0.25, 0.3) is 0 Å². The van der Waals surface area contributed by atoms with Gasteiger partial charge in [-0.3, -0.25) is 4.39 Å². The first-order valence-electron chi connectivity index (χ1n) is 4.51. The Morgan fingerprint density at radius 1 is 1.58 bits per heavy atom. The van der Waals surface area contributed by atoms with Crippen LogP contribution in [0.4, 0.5) is 4.39 Å². The highest BCUT2D eigenvalue weighted by molar-refractivity contribution is 5.01. The number of halogens is 1. The van der Waals surface area contributed by atoms with Crippen molar-refractivity contribution in [3.8, 4) is 0 Å². The summed E-state index contributed by atoms with van der Waals surface area (Å²) in [7, 11) is 0. The van der Waals surface area contributed by atoms with Crippen molar-refractivity contribution in [1.82, 2.24) is 5.32 Å². The molecule has 0 aromatic rings. The summed E-state index contributed by atoms with van der Waals surface area (Å²) in [5, 5.41) is 3.29. The van der Waals surface area contributed by atoms with E-state index in [2.05, 4.69) is 32.7 Å². The van der Waals surface area contributed by atoms with Crippen LogP contribution in [0.3, 0.4) is 0 Å². The average Bonchev–Trinajstić information content (AvgIpc) is 2.04. The number of rotatable bonds is 6. The van der Waals surface area contributed by atoms with Gasteiger partial charge in [0, 0.05) is 5.54 Å². The molecule has 0 radical (unpaired) electrons. The summed E-state index contributed by atoms with van der Waals surface area (Å²) in [6.07, 6.45) is 2.48. The van der Waals surface area contributed by atoms with E-state index in [4.69, 9.17) is 0 Å². The van der Waals surface area contributed by atoms with Gasteiger partial charge < -0.3 is 5.32 Å². The molecule has 0 rings (SSSR count). The molecular weight excluding hydrogens is 153 g/mol. The van der Waals surface area contributed by atoms with Crippen LogP contribution in [0.1, 0.15) is 27.2 Å². The van der Waals surface area contributed by atoms with E-state index < -0.39 is 0 Å². The van der Waals surface area contributed by atoms with Crippen molar-refractivity contribution in [2.75, 3.05) is 13.2 Å². The maximum atomic E-state index is 11.8. The van der Waals surface area contributed by atoms with Crippen LogP contribution in [0.15, 0.2) is 12.7 Å². The molecule has 0 aliphatic rings. The quantitative estimate of drug-likeness (QED) is 0.481. The van der Waals surface area contributed by atoms with Crippen LogP contribution >= 0.6 is 0 Å². The van der Waals surface area contributed by atoms with Crippen LogP contribution in [0.5, 0.6) is 0 Å². The van der Waals surface area contributed by atoms with Gasteiger partial charge in [-0.15, -0.1) is 6.58 Å². The molecule has 1 N–H and O–H groups in total. The lowest BCUT2D eigenvalue weighted by Gasteiger charge is -2.31. The second-order valence-electron chi connectivity index (χ2n) is 3.61. The van der Waals surface area contributed by atoms with E-state index >= 15 is 0 Å². The number of nitrogens with one attached hydrogen (secondary N) is 1. The first kappa shape index (κ1) is 11.6. The Kier molecular flexibility index (Phi) is 5.14. The molecule has 0 saturated carbocycles. The molecule has 12 heavy (non-hydrogen) atoms. The summed E-state index contributed by atoms with van der Waals surface area (Å²) in [4.78, 5) is 0. The fourth-order valence-electron chi connectivity index (χ4n) is 0.937. The summed E-state index contributed by atoms with van der Waals surface area (Å²) >= 11 is 0. The molecule has 0 spiro atoms. The molecular formula is C10H20FN. The van der Waals surface area contributed by atoms with Gasteiger partial charge in [0.1, 0.15) is 0 Å². The molecule has 0 aromatic carbocycles. The zero-order chi connectivity index (χ0) is 9.61. The Morgan fingerprint density at radius 3 is 2.50 bits per heavy atom. The van der Waals surface area contributed by atoms with Gasteiger partial charge in [-0.2, -0.15) is 0 Å². The molecule has 0 aliphatic heterocycles. The van der Waals surface area contributed by atoms with Crippen LogP contribution in [0.25, 0.3) is 0 Å². The van der Waals surface area contributed by atoms with Crippen molar-refractivity contribution in [2.45, 2.75) is 32.7 Å². The van der Waals surface area contributed by atoms with E-state index in [1.807, 2.05) is 6.08 Å². The third-order valence-electron chi connectivity index (χ3n) is 2.44. The molecule has 0 aliphatic carbocycles. The SMILES string of the molecule is C=C[C@](C)(NCCCF)C(C)C. The molecule has 0 amide bonds. The van der Waals surface area contributed by atoms with Gasteiger partial charge in [-0.1, -0.05) is 19.9 Å². The number of hydrogen-bond acceptors (Lipinski definition) is 1. The van der Waals surface area contributed by atoms with Crippen LogP contribution in [-0.2, 0) is 0 Å². The summed E-state index contributed by atoms with van der Waals surface area (Å²) in [6, 6.07) is 0. The summed E-state index contributed by atoms with van der Waals surface area (Å²) in [5.74, 6) is 0.481. The Morgan fingerprint density at radius 2 is 2.17 bits per heavy atom. The van der Waals surface area contributed by atoms with Crippen molar-refractivity contribution < 1.29 is 4.39 Å². The fraction of sp³-hybridized carbons (Fsp3) is 0.800. The third kappa shape index (κ3) is 3.35. The minimum Gasteiger partial charge on any atom is -0.308 e. The largest absolute Gasteiger partial charge is 0.308 e. The van der Waals surface area contributed by atoms with Crippen molar-refractivity contribution in [3.63, 3.8) is 0 Å². The zero-order valence-corrected chi connectivity index (χ0v) is 8.36. The second kappa shape index (κ2) is 5.31. The lowest BCUT2D eigenvalue weighted by atomic mass is 9.88. The molecule has 0 heterocycles. The molecule has 0 saturated heterocycles. The van der Waals surface area contributed by atoms with Crippen molar-refractivity contribution in [1.29, 1.82) is 0 Å². The van der Waals surface area contributed by atoms with E-state index in [1.54, 1.807) is 0 Å². The predicted molar refractivity (Wildman–Crippen MR) is 52.0 cm³/mol. The van der Waals surface area contributed by atoms with E-state index in [1.165, 1.54) is 0 Å². The minimum atomic E-state index is -0.252. The van der Waals surface area contributed by atoms with Crippen molar-refractivity contribution in [3.05, 3.63) is 12.7 Å². The van der Waals surface area contributed by atoms with Crippen LogP contribution in [0, 0.1) is 5.92 Å². The first-order valence-corrected chi connectivity index (χ1v) is 4.51.